The Labute approximate surface area is 148 Å². The number of halogens is 1. The third-order valence-corrected chi connectivity index (χ3v) is 6.89. The molecule has 0 heterocycles. The molecule has 0 radical (unpaired) electrons. The Bertz CT molecular complexity index is 461. The molecule has 0 amide bonds. The monoisotopic (exact) mass is 330 g/mol. The first-order chi connectivity index (χ1) is 11.8. The lowest BCUT2D eigenvalue weighted by atomic mass is 9.68. The maximum absolute atomic E-state index is 13.1. The summed E-state index contributed by atoms with van der Waals surface area (Å²) in [6.45, 7) is 2.30. The molecule has 2 aliphatic rings. The van der Waals surface area contributed by atoms with Crippen molar-refractivity contribution in [3.8, 4) is 0 Å². The summed E-state index contributed by atoms with van der Waals surface area (Å²) in [6, 6.07) is 7.26. The van der Waals surface area contributed by atoms with E-state index >= 15 is 0 Å². The number of hydrogen-bond donors (Lipinski definition) is 0. The van der Waals surface area contributed by atoms with Gasteiger partial charge in [-0.15, -0.1) is 0 Å². The average molecular weight is 331 g/mol. The quantitative estimate of drug-likeness (QED) is 0.474. The highest BCUT2D eigenvalue weighted by atomic mass is 19.1. The maximum Gasteiger partial charge on any atom is 0.123 e. The lowest BCUT2D eigenvalue weighted by Crippen LogP contribution is -2.25. The molecule has 2 aliphatic carbocycles. The zero-order chi connectivity index (χ0) is 16.8. The molecule has 2 fully saturated rings. The lowest BCUT2D eigenvalue weighted by Gasteiger charge is -2.38. The molecular formula is C23H35F. The van der Waals surface area contributed by atoms with Crippen molar-refractivity contribution >= 4 is 0 Å². The summed E-state index contributed by atoms with van der Waals surface area (Å²) in [5, 5.41) is 0. The highest BCUT2D eigenvalue weighted by Gasteiger charge is 2.31. The van der Waals surface area contributed by atoms with Crippen LogP contribution in [0.2, 0.25) is 0 Å². The Balaban J connectivity index is 1.40. The normalized spacial score (nSPS) is 31.1. The van der Waals surface area contributed by atoms with Crippen molar-refractivity contribution in [2.24, 2.45) is 17.8 Å². The highest BCUT2D eigenvalue weighted by molar-refractivity contribution is 5.20. The number of benzene rings is 1. The number of rotatable bonds is 6. The van der Waals surface area contributed by atoms with Gasteiger partial charge in [0, 0.05) is 0 Å². The molecule has 0 spiro atoms. The second kappa shape index (κ2) is 9.02. The van der Waals surface area contributed by atoms with Gasteiger partial charge in [-0.2, -0.15) is 0 Å². The van der Waals surface area contributed by atoms with Gasteiger partial charge in [0.05, 0.1) is 0 Å². The largest absolute Gasteiger partial charge is 0.207 e. The third-order valence-electron chi connectivity index (χ3n) is 6.89. The maximum atomic E-state index is 13.1. The molecular weight excluding hydrogens is 295 g/mol. The molecule has 24 heavy (non-hydrogen) atoms. The van der Waals surface area contributed by atoms with Gasteiger partial charge in [-0.3, -0.25) is 0 Å². The van der Waals surface area contributed by atoms with Gasteiger partial charge < -0.3 is 0 Å². The van der Waals surface area contributed by atoms with Crippen LogP contribution in [0.1, 0.15) is 95.5 Å². The molecule has 3 rings (SSSR count). The van der Waals surface area contributed by atoms with Gasteiger partial charge in [0.25, 0.3) is 0 Å². The van der Waals surface area contributed by atoms with E-state index in [2.05, 4.69) is 6.92 Å². The van der Waals surface area contributed by atoms with E-state index in [0.29, 0.717) is 5.92 Å². The summed E-state index contributed by atoms with van der Waals surface area (Å²) < 4.78 is 13.1. The molecule has 0 aliphatic heterocycles. The fourth-order valence-corrected chi connectivity index (χ4v) is 5.29. The molecule has 0 saturated heterocycles. The summed E-state index contributed by atoms with van der Waals surface area (Å²) in [6.07, 6.45) is 17.1. The first-order valence-electron chi connectivity index (χ1n) is 10.5. The van der Waals surface area contributed by atoms with E-state index in [1.165, 1.54) is 82.6 Å². The van der Waals surface area contributed by atoms with Gasteiger partial charge in [0.15, 0.2) is 0 Å². The van der Waals surface area contributed by atoms with Crippen LogP contribution in [-0.4, -0.2) is 0 Å². The topological polar surface area (TPSA) is 0 Å². The van der Waals surface area contributed by atoms with Crippen LogP contribution in [0.5, 0.6) is 0 Å². The van der Waals surface area contributed by atoms with Gasteiger partial charge in [0.1, 0.15) is 5.82 Å². The predicted molar refractivity (Wildman–Crippen MR) is 101 cm³/mol. The fraction of sp³-hybridized carbons (Fsp3) is 0.739. The summed E-state index contributed by atoms with van der Waals surface area (Å²) in [5.74, 6) is 3.57. The lowest BCUT2D eigenvalue weighted by molar-refractivity contribution is 0.155. The van der Waals surface area contributed by atoms with Crippen LogP contribution in [0.15, 0.2) is 24.3 Å². The van der Waals surface area contributed by atoms with Crippen LogP contribution in [0.3, 0.4) is 0 Å². The average Bonchev–Trinajstić information content (AvgIpc) is 2.63. The first-order valence-corrected chi connectivity index (χ1v) is 10.5. The Morgan fingerprint density at radius 3 is 1.96 bits per heavy atom. The Hall–Kier alpha value is -0.850. The molecule has 0 atom stereocenters. The molecule has 0 unspecified atom stereocenters. The number of hydrogen-bond acceptors (Lipinski definition) is 0. The fourth-order valence-electron chi connectivity index (χ4n) is 5.29. The Kier molecular flexibility index (Phi) is 6.75. The van der Waals surface area contributed by atoms with Crippen molar-refractivity contribution in [3.05, 3.63) is 35.6 Å². The van der Waals surface area contributed by atoms with Crippen molar-refractivity contribution < 1.29 is 4.39 Å². The van der Waals surface area contributed by atoms with Gasteiger partial charge in [-0.1, -0.05) is 57.6 Å². The van der Waals surface area contributed by atoms with Gasteiger partial charge in [-0.05, 0) is 79.9 Å². The van der Waals surface area contributed by atoms with Crippen LogP contribution in [0, 0.1) is 23.6 Å². The minimum absolute atomic E-state index is 0.108. The molecule has 0 bridgehead atoms. The van der Waals surface area contributed by atoms with E-state index in [0.717, 1.165) is 17.8 Å². The van der Waals surface area contributed by atoms with Crippen molar-refractivity contribution in [1.82, 2.24) is 0 Å². The van der Waals surface area contributed by atoms with E-state index in [1.807, 2.05) is 12.1 Å². The van der Waals surface area contributed by atoms with Gasteiger partial charge >= 0.3 is 0 Å². The first kappa shape index (κ1) is 18.0. The smallest absolute Gasteiger partial charge is 0.123 e. The molecule has 2 saturated carbocycles. The predicted octanol–water partition coefficient (Wildman–Crippen LogP) is 7.49. The minimum Gasteiger partial charge on any atom is -0.207 e. The highest BCUT2D eigenvalue weighted by Crippen LogP contribution is 2.44. The molecule has 1 aromatic carbocycles. The Morgan fingerprint density at radius 2 is 1.38 bits per heavy atom. The van der Waals surface area contributed by atoms with E-state index < -0.39 is 0 Å². The zero-order valence-electron chi connectivity index (χ0n) is 15.5. The zero-order valence-corrected chi connectivity index (χ0v) is 15.5. The second-order valence-corrected chi connectivity index (χ2v) is 8.44. The van der Waals surface area contributed by atoms with Crippen LogP contribution < -0.4 is 0 Å². The molecule has 0 N–H and O–H groups in total. The van der Waals surface area contributed by atoms with Gasteiger partial charge in [0.2, 0.25) is 0 Å². The summed E-state index contributed by atoms with van der Waals surface area (Å²) in [7, 11) is 0. The Morgan fingerprint density at radius 1 is 0.792 bits per heavy atom. The van der Waals surface area contributed by atoms with Crippen molar-refractivity contribution in [2.75, 3.05) is 0 Å². The van der Waals surface area contributed by atoms with Crippen molar-refractivity contribution in [2.45, 2.75) is 89.9 Å². The van der Waals surface area contributed by atoms with Gasteiger partial charge in [-0.25, -0.2) is 4.39 Å². The van der Waals surface area contributed by atoms with E-state index in [1.54, 1.807) is 12.1 Å². The second-order valence-electron chi connectivity index (χ2n) is 8.44. The summed E-state index contributed by atoms with van der Waals surface area (Å²) in [4.78, 5) is 0. The molecule has 1 aromatic rings. The van der Waals surface area contributed by atoms with Crippen LogP contribution in [0.25, 0.3) is 0 Å². The van der Waals surface area contributed by atoms with Crippen LogP contribution in [0.4, 0.5) is 4.39 Å². The summed E-state index contributed by atoms with van der Waals surface area (Å²) >= 11 is 0. The minimum atomic E-state index is -0.108. The van der Waals surface area contributed by atoms with Crippen molar-refractivity contribution in [1.29, 1.82) is 0 Å². The third kappa shape index (κ3) is 4.83. The SMILES string of the molecule is CCCCCC1CCC([C@H]2CC[C@H](c3ccc(F)cc3)CC2)CC1. The molecule has 0 nitrogen and oxygen atoms in total. The van der Waals surface area contributed by atoms with E-state index in [-0.39, 0.29) is 5.82 Å². The molecule has 0 aromatic heterocycles. The van der Waals surface area contributed by atoms with Crippen molar-refractivity contribution in [3.63, 3.8) is 0 Å². The van der Waals surface area contributed by atoms with Crippen LogP contribution in [-0.2, 0) is 0 Å². The standard InChI is InChI=1S/C23H35F/c1-2-3-4-5-18-6-8-19(9-7-18)20-10-12-21(13-11-20)22-14-16-23(24)17-15-22/h14-21H,2-13H2,1H3/t18?,19?,20-,21-. The van der Waals surface area contributed by atoms with Crippen LogP contribution >= 0.6 is 0 Å². The molecule has 134 valence electrons. The summed E-state index contributed by atoms with van der Waals surface area (Å²) in [5.41, 5.74) is 1.36. The van der Waals surface area contributed by atoms with E-state index in [9.17, 15) is 4.39 Å². The number of unbranched alkanes of at least 4 members (excludes halogenated alkanes) is 2. The van der Waals surface area contributed by atoms with E-state index in [4.69, 9.17) is 0 Å². The molecule has 1 heteroatoms.